The molecule has 4 rings (SSSR count). The molecule has 0 spiro atoms. The SMILES string of the molecule is O=C(CN1C(=O)c2ccccc2Sc2ncccc21)NCc1cccs1. The number of thiophene rings is 1. The fourth-order valence-electron chi connectivity index (χ4n) is 2.71. The quantitative estimate of drug-likeness (QED) is 0.750. The summed E-state index contributed by atoms with van der Waals surface area (Å²) in [6, 6.07) is 14.9. The minimum absolute atomic E-state index is 0.0439. The van der Waals surface area contributed by atoms with E-state index in [0.717, 1.165) is 14.8 Å². The molecule has 0 aliphatic carbocycles. The van der Waals surface area contributed by atoms with Gasteiger partial charge in [0.15, 0.2) is 0 Å². The summed E-state index contributed by atoms with van der Waals surface area (Å²) in [4.78, 5) is 33.4. The summed E-state index contributed by atoms with van der Waals surface area (Å²) < 4.78 is 0. The second-order valence-corrected chi connectivity index (χ2v) is 7.74. The van der Waals surface area contributed by atoms with E-state index in [2.05, 4.69) is 10.3 Å². The fraction of sp³-hybridized carbons (Fsp3) is 0.105. The largest absolute Gasteiger partial charge is 0.350 e. The third kappa shape index (κ3) is 3.36. The molecule has 1 aromatic carbocycles. The molecule has 3 heterocycles. The van der Waals surface area contributed by atoms with Gasteiger partial charge < -0.3 is 5.32 Å². The molecular formula is C19H15N3O2S2. The number of hydrogen-bond donors (Lipinski definition) is 1. The van der Waals surface area contributed by atoms with Crippen LogP contribution < -0.4 is 10.2 Å². The zero-order valence-electron chi connectivity index (χ0n) is 13.7. The molecule has 1 N–H and O–H groups in total. The van der Waals surface area contributed by atoms with Gasteiger partial charge >= 0.3 is 0 Å². The number of fused-ring (bicyclic) bond motifs is 2. The predicted molar refractivity (Wildman–Crippen MR) is 103 cm³/mol. The zero-order chi connectivity index (χ0) is 17.9. The first-order chi connectivity index (χ1) is 12.7. The topological polar surface area (TPSA) is 62.3 Å². The molecule has 0 atom stereocenters. The summed E-state index contributed by atoms with van der Waals surface area (Å²) in [6.07, 6.45) is 1.69. The summed E-state index contributed by atoms with van der Waals surface area (Å²) in [6.45, 7) is 0.418. The van der Waals surface area contributed by atoms with E-state index in [-0.39, 0.29) is 18.4 Å². The molecule has 5 nitrogen and oxygen atoms in total. The molecule has 2 aromatic heterocycles. The predicted octanol–water partition coefficient (Wildman–Crippen LogP) is 3.57. The van der Waals surface area contributed by atoms with Crippen molar-refractivity contribution in [1.29, 1.82) is 0 Å². The van der Waals surface area contributed by atoms with Crippen LogP contribution in [0.25, 0.3) is 0 Å². The average molecular weight is 381 g/mol. The molecule has 0 radical (unpaired) electrons. The van der Waals surface area contributed by atoms with Gasteiger partial charge in [-0.05, 0) is 35.7 Å². The van der Waals surface area contributed by atoms with Gasteiger partial charge in [0, 0.05) is 16.0 Å². The normalized spacial score (nSPS) is 12.9. The molecule has 130 valence electrons. The number of pyridine rings is 1. The van der Waals surface area contributed by atoms with Crippen LogP contribution in [0.1, 0.15) is 15.2 Å². The summed E-state index contributed by atoms with van der Waals surface area (Å²) >= 11 is 3.03. The molecule has 0 bridgehead atoms. The van der Waals surface area contributed by atoms with Crippen LogP contribution in [0.5, 0.6) is 0 Å². The lowest BCUT2D eigenvalue weighted by Crippen LogP contribution is -2.40. The lowest BCUT2D eigenvalue weighted by Gasteiger charge is -2.21. The fourth-order valence-corrected chi connectivity index (χ4v) is 4.37. The smallest absolute Gasteiger partial charge is 0.259 e. The lowest BCUT2D eigenvalue weighted by atomic mass is 10.2. The molecule has 3 aromatic rings. The van der Waals surface area contributed by atoms with E-state index in [9.17, 15) is 9.59 Å². The van der Waals surface area contributed by atoms with Crippen LogP contribution in [0.3, 0.4) is 0 Å². The highest BCUT2D eigenvalue weighted by atomic mass is 32.2. The van der Waals surface area contributed by atoms with Gasteiger partial charge in [0.2, 0.25) is 5.91 Å². The van der Waals surface area contributed by atoms with Crippen molar-refractivity contribution < 1.29 is 9.59 Å². The Balaban J connectivity index is 1.61. The van der Waals surface area contributed by atoms with Crippen molar-refractivity contribution in [3.05, 3.63) is 70.5 Å². The number of aromatic nitrogens is 1. The molecule has 2 amide bonds. The monoisotopic (exact) mass is 381 g/mol. The third-order valence-corrected chi connectivity index (χ3v) is 5.91. The Morgan fingerprint density at radius 3 is 2.85 bits per heavy atom. The van der Waals surface area contributed by atoms with Gasteiger partial charge in [0.1, 0.15) is 11.6 Å². The van der Waals surface area contributed by atoms with Crippen LogP contribution in [0.15, 0.2) is 70.0 Å². The number of carbonyl (C=O) groups is 2. The van der Waals surface area contributed by atoms with E-state index in [1.165, 1.54) is 16.7 Å². The molecule has 0 fully saturated rings. The summed E-state index contributed by atoms with van der Waals surface area (Å²) in [5.74, 6) is -0.392. The second-order valence-electron chi connectivity index (χ2n) is 5.67. The second kappa shape index (κ2) is 7.31. The number of carbonyl (C=O) groups excluding carboxylic acids is 2. The van der Waals surface area contributed by atoms with Crippen molar-refractivity contribution in [2.45, 2.75) is 16.5 Å². The number of rotatable bonds is 4. The number of nitrogens with one attached hydrogen (secondary N) is 1. The number of amides is 2. The Hall–Kier alpha value is -2.64. The third-order valence-electron chi connectivity index (χ3n) is 3.95. The highest BCUT2D eigenvalue weighted by Crippen LogP contribution is 2.39. The molecule has 0 unspecified atom stereocenters. The standard InChI is InChI=1S/C19H15N3O2S2/c23-17(21-11-13-5-4-10-25-13)12-22-15-7-3-9-20-18(15)26-16-8-2-1-6-14(16)19(22)24/h1-10H,11-12H2,(H,21,23). The molecule has 1 aliphatic rings. The summed E-state index contributed by atoms with van der Waals surface area (Å²) in [5.41, 5.74) is 1.24. The first-order valence-electron chi connectivity index (χ1n) is 8.05. The molecule has 0 saturated carbocycles. The van der Waals surface area contributed by atoms with Crippen LogP contribution >= 0.6 is 23.1 Å². The van der Waals surface area contributed by atoms with E-state index < -0.39 is 0 Å². The maximum atomic E-state index is 13.1. The van der Waals surface area contributed by atoms with Gasteiger partial charge in [-0.2, -0.15) is 0 Å². The zero-order valence-corrected chi connectivity index (χ0v) is 15.3. The van der Waals surface area contributed by atoms with Crippen molar-refractivity contribution in [2.24, 2.45) is 0 Å². The molecule has 0 saturated heterocycles. The van der Waals surface area contributed by atoms with Crippen molar-refractivity contribution in [1.82, 2.24) is 10.3 Å². The highest BCUT2D eigenvalue weighted by Gasteiger charge is 2.29. The van der Waals surface area contributed by atoms with Crippen LogP contribution in [0, 0.1) is 0 Å². The first kappa shape index (κ1) is 16.8. The number of anilines is 1. The van der Waals surface area contributed by atoms with Crippen molar-refractivity contribution >= 4 is 40.6 Å². The first-order valence-corrected chi connectivity index (χ1v) is 9.75. The van der Waals surface area contributed by atoms with E-state index in [1.54, 1.807) is 29.7 Å². The van der Waals surface area contributed by atoms with Crippen LogP contribution in [0.2, 0.25) is 0 Å². The van der Waals surface area contributed by atoms with Crippen molar-refractivity contribution in [2.75, 3.05) is 11.4 Å². The summed E-state index contributed by atoms with van der Waals surface area (Å²) in [7, 11) is 0. The summed E-state index contributed by atoms with van der Waals surface area (Å²) in [5, 5.41) is 5.57. The number of nitrogens with zero attached hydrogens (tertiary/aromatic N) is 2. The Labute approximate surface area is 159 Å². The Morgan fingerprint density at radius 1 is 1.12 bits per heavy atom. The lowest BCUT2D eigenvalue weighted by molar-refractivity contribution is -0.119. The maximum absolute atomic E-state index is 13.1. The van der Waals surface area contributed by atoms with Gasteiger partial charge in [-0.15, -0.1) is 11.3 Å². The Bertz CT molecular complexity index is 957. The molecule has 26 heavy (non-hydrogen) atoms. The van der Waals surface area contributed by atoms with Gasteiger partial charge in [0.05, 0.1) is 17.8 Å². The van der Waals surface area contributed by atoms with Crippen LogP contribution in [-0.4, -0.2) is 23.3 Å². The molecule has 1 aliphatic heterocycles. The van der Waals surface area contributed by atoms with Gasteiger partial charge in [-0.3, -0.25) is 14.5 Å². The van der Waals surface area contributed by atoms with E-state index in [0.29, 0.717) is 17.8 Å². The number of hydrogen-bond acceptors (Lipinski definition) is 5. The molecule has 7 heteroatoms. The van der Waals surface area contributed by atoms with E-state index in [1.807, 2.05) is 41.8 Å². The van der Waals surface area contributed by atoms with Gasteiger partial charge in [-0.25, -0.2) is 4.98 Å². The average Bonchev–Trinajstić information content (AvgIpc) is 3.15. The maximum Gasteiger partial charge on any atom is 0.259 e. The van der Waals surface area contributed by atoms with Gasteiger partial charge in [-0.1, -0.05) is 30.0 Å². The van der Waals surface area contributed by atoms with E-state index >= 15 is 0 Å². The van der Waals surface area contributed by atoms with Crippen LogP contribution in [-0.2, 0) is 11.3 Å². The Morgan fingerprint density at radius 2 is 2.00 bits per heavy atom. The van der Waals surface area contributed by atoms with Crippen molar-refractivity contribution in [3.63, 3.8) is 0 Å². The highest BCUT2D eigenvalue weighted by molar-refractivity contribution is 7.99. The molecular weight excluding hydrogens is 366 g/mol. The van der Waals surface area contributed by atoms with Crippen molar-refractivity contribution in [3.8, 4) is 0 Å². The minimum atomic E-state index is -0.203. The Kier molecular flexibility index (Phi) is 4.73. The van der Waals surface area contributed by atoms with Crippen LogP contribution in [0.4, 0.5) is 5.69 Å². The van der Waals surface area contributed by atoms with E-state index in [4.69, 9.17) is 0 Å². The van der Waals surface area contributed by atoms with Gasteiger partial charge in [0.25, 0.3) is 5.91 Å². The minimum Gasteiger partial charge on any atom is -0.350 e. The number of benzene rings is 1.